The SMILES string of the molecule is Cc1c2cc(O)c3ccccc3c2nn1-c1ccncc1. The summed E-state index contributed by atoms with van der Waals surface area (Å²) in [4.78, 5) is 4.04. The van der Waals surface area contributed by atoms with Gasteiger partial charge in [-0.1, -0.05) is 24.3 Å². The summed E-state index contributed by atoms with van der Waals surface area (Å²) < 4.78 is 1.89. The summed E-state index contributed by atoms with van der Waals surface area (Å²) in [7, 11) is 0. The van der Waals surface area contributed by atoms with Crippen molar-refractivity contribution in [2.45, 2.75) is 6.92 Å². The smallest absolute Gasteiger partial charge is 0.124 e. The fourth-order valence-electron chi connectivity index (χ4n) is 2.75. The molecule has 0 spiro atoms. The predicted octanol–water partition coefficient (Wildman–Crippen LogP) is 3.59. The highest BCUT2D eigenvalue weighted by atomic mass is 16.3. The molecule has 4 nitrogen and oxygen atoms in total. The van der Waals surface area contributed by atoms with Crippen LogP contribution < -0.4 is 0 Å². The van der Waals surface area contributed by atoms with Gasteiger partial charge in [-0.15, -0.1) is 0 Å². The number of hydrogen-bond acceptors (Lipinski definition) is 3. The van der Waals surface area contributed by atoms with E-state index in [2.05, 4.69) is 4.98 Å². The molecule has 2 aromatic heterocycles. The van der Waals surface area contributed by atoms with Gasteiger partial charge in [0.25, 0.3) is 0 Å². The van der Waals surface area contributed by atoms with E-state index >= 15 is 0 Å². The van der Waals surface area contributed by atoms with Crippen LogP contribution in [0.1, 0.15) is 5.69 Å². The Morgan fingerprint density at radius 3 is 2.43 bits per heavy atom. The van der Waals surface area contributed by atoms with Crippen molar-refractivity contribution in [3.63, 3.8) is 0 Å². The molecule has 0 unspecified atom stereocenters. The Hall–Kier alpha value is -2.88. The Morgan fingerprint density at radius 2 is 1.67 bits per heavy atom. The van der Waals surface area contributed by atoms with E-state index in [9.17, 15) is 5.11 Å². The van der Waals surface area contributed by atoms with E-state index in [1.54, 1.807) is 18.5 Å². The van der Waals surface area contributed by atoms with Crippen molar-refractivity contribution in [1.29, 1.82) is 0 Å². The van der Waals surface area contributed by atoms with Crippen LogP contribution in [0.15, 0.2) is 54.9 Å². The second-order valence-electron chi connectivity index (χ2n) is 5.04. The fraction of sp³-hybridized carbons (Fsp3) is 0.0588. The van der Waals surface area contributed by atoms with E-state index in [-0.39, 0.29) is 5.75 Å². The fourth-order valence-corrected chi connectivity index (χ4v) is 2.75. The first-order valence-electron chi connectivity index (χ1n) is 6.76. The molecule has 0 fully saturated rings. The lowest BCUT2D eigenvalue weighted by molar-refractivity contribution is 0.482. The number of phenolic OH excluding ortho intramolecular Hbond substituents is 1. The van der Waals surface area contributed by atoms with Crippen molar-refractivity contribution in [3.05, 3.63) is 60.6 Å². The number of benzene rings is 2. The highest BCUT2D eigenvalue weighted by molar-refractivity contribution is 6.09. The molecule has 0 bridgehead atoms. The third-order valence-electron chi connectivity index (χ3n) is 3.81. The summed E-state index contributed by atoms with van der Waals surface area (Å²) in [6, 6.07) is 13.4. The van der Waals surface area contributed by atoms with E-state index in [4.69, 9.17) is 5.10 Å². The molecule has 4 aromatic rings. The summed E-state index contributed by atoms with van der Waals surface area (Å²) in [6.45, 7) is 2.00. The van der Waals surface area contributed by atoms with Crippen molar-refractivity contribution in [2.24, 2.45) is 0 Å². The number of nitrogens with zero attached hydrogens (tertiary/aromatic N) is 3. The minimum absolute atomic E-state index is 0.287. The quantitative estimate of drug-likeness (QED) is 0.577. The normalized spacial score (nSPS) is 11.3. The number of phenols is 1. The average Bonchev–Trinajstić information content (AvgIpc) is 2.86. The van der Waals surface area contributed by atoms with E-state index in [0.717, 1.165) is 33.1 Å². The van der Waals surface area contributed by atoms with Crippen LogP contribution in [0.3, 0.4) is 0 Å². The Morgan fingerprint density at radius 1 is 0.952 bits per heavy atom. The molecular formula is C17H13N3O. The zero-order valence-corrected chi connectivity index (χ0v) is 11.5. The molecule has 2 aromatic carbocycles. The number of pyridine rings is 1. The van der Waals surface area contributed by atoms with Gasteiger partial charge in [0.2, 0.25) is 0 Å². The number of aromatic nitrogens is 3. The molecule has 0 atom stereocenters. The molecule has 0 aliphatic rings. The maximum absolute atomic E-state index is 10.2. The zero-order valence-electron chi connectivity index (χ0n) is 11.5. The van der Waals surface area contributed by atoms with Crippen molar-refractivity contribution in [2.75, 3.05) is 0 Å². The van der Waals surface area contributed by atoms with Gasteiger partial charge in [-0.05, 0) is 25.1 Å². The average molecular weight is 275 g/mol. The lowest BCUT2D eigenvalue weighted by atomic mass is 10.1. The number of rotatable bonds is 1. The summed E-state index contributed by atoms with van der Waals surface area (Å²) in [5, 5.41) is 17.7. The maximum Gasteiger partial charge on any atom is 0.124 e. The molecule has 0 saturated carbocycles. The summed E-state index contributed by atoms with van der Waals surface area (Å²) in [5.41, 5.74) is 2.86. The molecule has 0 amide bonds. The largest absolute Gasteiger partial charge is 0.507 e. The molecule has 4 rings (SSSR count). The first-order chi connectivity index (χ1) is 10.3. The topological polar surface area (TPSA) is 50.9 Å². The number of hydrogen-bond donors (Lipinski definition) is 1. The van der Waals surface area contributed by atoms with Crippen LogP contribution in [0.25, 0.3) is 27.4 Å². The van der Waals surface area contributed by atoms with Gasteiger partial charge in [-0.2, -0.15) is 5.10 Å². The Kier molecular flexibility index (Phi) is 2.44. The number of aryl methyl sites for hydroxylation is 1. The van der Waals surface area contributed by atoms with Gasteiger partial charge < -0.3 is 5.11 Å². The van der Waals surface area contributed by atoms with Crippen LogP contribution in [0.4, 0.5) is 0 Å². The van der Waals surface area contributed by atoms with Gasteiger partial charge >= 0.3 is 0 Å². The van der Waals surface area contributed by atoms with Crippen LogP contribution in [0.2, 0.25) is 0 Å². The Labute approximate surface area is 121 Å². The minimum Gasteiger partial charge on any atom is -0.507 e. The van der Waals surface area contributed by atoms with Crippen molar-refractivity contribution in [3.8, 4) is 11.4 Å². The molecule has 0 saturated heterocycles. The third kappa shape index (κ3) is 1.69. The van der Waals surface area contributed by atoms with Gasteiger partial charge in [-0.25, -0.2) is 4.68 Å². The minimum atomic E-state index is 0.287. The molecular weight excluding hydrogens is 262 g/mol. The highest BCUT2D eigenvalue weighted by Crippen LogP contribution is 2.34. The molecule has 0 aliphatic heterocycles. The first kappa shape index (κ1) is 11.9. The van der Waals surface area contributed by atoms with Crippen molar-refractivity contribution in [1.82, 2.24) is 14.8 Å². The first-order valence-corrected chi connectivity index (χ1v) is 6.76. The van der Waals surface area contributed by atoms with E-state index in [1.165, 1.54) is 0 Å². The van der Waals surface area contributed by atoms with Crippen LogP contribution in [0.5, 0.6) is 5.75 Å². The molecule has 4 heteroatoms. The monoisotopic (exact) mass is 275 g/mol. The Balaban J connectivity index is 2.13. The zero-order chi connectivity index (χ0) is 14.4. The van der Waals surface area contributed by atoms with Gasteiger partial charge in [0.05, 0.1) is 5.69 Å². The molecule has 21 heavy (non-hydrogen) atoms. The van der Waals surface area contributed by atoms with Gasteiger partial charge in [0.1, 0.15) is 11.3 Å². The summed E-state index contributed by atoms with van der Waals surface area (Å²) in [6.07, 6.45) is 3.49. The maximum atomic E-state index is 10.2. The second kappa shape index (κ2) is 4.31. The standard InChI is InChI=1S/C17H13N3O/c1-11-15-10-16(21)13-4-2-3-5-14(13)17(15)19-20(11)12-6-8-18-9-7-12/h2-10,21H,1H3. The molecule has 2 heterocycles. The molecule has 0 radical (unpaired) electrons. The van der Waals surface area contributed by atoms with Crippen LogP contribution in [0, 0.1) is 6.92 Å². The van der Waals surface area contributed by atoms with Gasteiger partial charge in [0, 0.05) is 34.2 Å². The molecule has 0 aliphatic carbocycles. The van der Waals surface area contributed by atoms with Crippen molar-refractivity contribution >= 4 is 21.7 Å². The summed E-state index contributed by atoms with van der Waals surface area (Å²) >= 11 is 0. The third-order valence-corrected chi connectivity index (χ3v) is 3.81. The summed E-state index contributed by atoms with van der Waals surface area (Å²) in [5.74, 6) is 0.287. The van der Waals surface area contributed by atoms with E-state index in [0.29, 0.717) is 0 Å². The number of aromatic hydroxyl groups is 1. The van der Waals surface area contributed by atoms with Crippen LogP contribution in [-0.2, 0) is 0 Å². The second-order valence-corrected chi connectivity index (χ2v) is 5.04. The van der Waals surface area contributed by atoms with Crippen molar-refractivity contribution < 1.29 is 5.11 Å². The van der Waals surface area contributed by atoms with Gasteiger partial charge in [-0.3, -0.25) is 4.98 Å². The predicted molar refractivity (Wildman–Crippen MR) is 82.8 cm³/mol. The van der Waals surface area contributed by atoms with Crippen LogP contribution in [-0.4, -0.2) is 19.9 Å². The Bertz CT molecular complexity index is 958. The lowest BCUT2D eigenvalue weighted by Crippen LogP contribution is -1.98. The highest BCUT2D eigenvalue weighted by Gasteiger charge is 2.14. The van der Waals surface area contributed by atoms with E-state index < -0.39 is 0 Å². The van der Waals surface area contributed by atoms with Gasteiger partial charge in [0.15, 0.2) is 0 Å². The lowest BCUT2D eigenvalue weighted by Gasteiger charge is -2.02. The molecule has 102 valence electrons. The molecule has 1 N–H and O–H groups in total. The van der Waals surface area contributed by atoms with Crippen LogP contribution >= 0.6 is 0 Å². The number of fused-ring (bicyclic) bond motifs is 3. The van der Waals surface area contributed by atoms with E-state index in [1.807, 2.05) is 48.0 Å².